The average Bonchev–Trinajstić information content (AvgIpc) is 2.24. The van der Waals surface area contributed by atoms with Gasteiger partial charge in [0.1, 0.15) is 0 Å². The van der Waals surface area contributed by atoms with Crippen LogP contribution >= 0.6 is 11.6 Å². The van der Waals surface area contributed by atoms with E-state index in [-0.39, 0.29) is 10.7 Å². The fourth-order valence-corrected chi connectivity index (χ4v) is 1.51. The topological polar surface area (TPSA) is 34.9 Å². The molecule has 1 aromatic rings. The molecular formula is C11H15ClN2O. The summed E-state index contributed by atoms with van der Waals surface area (Å²) in [5.41, 5.74) is -0.206. The van der Waals surface area contributed by atoms with Crippen molar-refractivity contribution in [3.05, 3.63) is 40.6 Å². The molecule has 0 aliphatic carbocycles. The first-order valence-electron chi connectivity index (χ1n) is 5.07. The maximum atomic E-state index is 11.4. The zero-order valence-corrected chi connectivity index (χ0v) is 9.41. The lowest BCUT2D eigenvalue weighted by Gasteiger charge is -2.04. The molecule has 3 nitrogen and oxygen atoms in total. The van der Waals surface area contributed by atoms with Crippen LogP contribution in [0.2, 0.25) is 5.15 Å². The van der Waals surface area contributed by atoms with Gasteiger partial charge in [0.05, 0.1) is 0 Å². The van der Waals surface area contributed by atoms with Gasteiger partial charge < -0.3 is 4.57 Å². The highest BCUT2D eigenvalue weighted by atomic mass is 35.5. The summed E-state index contributed by atoms with van der Waals surface area (Å²) < 4.78 is 1.60. The number of rotatable bonds is 6. The molecule has 4 heteroatoms. The quantitative estimate of drug-likeness (QED) is 0.552. The van der Waals surface area contributed by atoms with E-state index >= 15 is 0 Å². The van der Waals surface area contributed by atoms with Gasteiger partial charge in [-0.15, -0.1) is 6.58 Å². The highest BCUT2D eigenvalue weighted by Gasteiger charge is 2.00. The number of aromatic nitrogens is 2. The van der Waals surface area contributed by atoms with Gasteiger partial charge in [-0.25, -0.2) is 4.98 Å². The van der Waals surface area contributed by atoms with E-state index in [1.54, 1.807) is 17.0 Å². The van der Waals surface area contributed by atoms with Gasteiger partial charge in [-0.05, 0) is 19.3 Å². The normalized spacial score (nSPS) is 10.2. The Morgan fingerprint density at radius 3 is 3.00 bits per heavy atom. The molecule has 0 N–H and O–H groups in total. The molecule has 0 atom stereocenters. The van der Waals surface area contributed by atoms with E-state index in [1.165, 1.54) is 0 Å². The first kappa shape index (κ1) is 12.0. The first-order chi connectivity index (χ1) is 7.25. The summed E-state index contributed by atoms with van der Waals surface area (Å²) in [4.78, 5) is 15.2. The maximum absolute atomic E-state index is 11.4. The number of unbranched alkanes of at least 4 members (excludes halogenated alkanes) is 3. The summed E-state index contributed by atoms with van der Waals surface area (Å²) in [6.45, 7) is 4.37. The van der Waals surface area contributed by atoms with Crippen molar-refractivity contribution >= 4 is 11.6 Å². The maximum Gasteiger partial charge on any atom is 0.288 e. The van der Waals surface area contributed by atoms with Crippen LogP contribution in [0, 0.1) is 0 Å². The predicted molar refractivity (Wildman–Crippen MR) is 62.2 cm³/mol. The van der Waals surface area contributed by atoms with E-state index in [2.05, 4.69) is 11.6 Å². The van der Waals surface area contributed by atoms with Gasteiger partial charge in [0.25, 0.3) is 5.56 Å². The molecule has 1 aromatic heterocycles. The predicted octanol–water partition coefficient (Wildman–Crippen LogP) is 2.64. The lowest BCUT2D eigenvalue weighted by atomic mass is 10.2. The lowest BCUT2D eigenvalue weighted by Crippen LogP contribution is -2.20. The van der Waals surface area contributed by atoms with Gasteiger partial charge >= 0.3 is 0 Å². The molecule has 0 saturated carbocycles. The Morgan fingerprint density at radius 1 is 1.47 bits per heavy atom. The van der Waals surface area contributed by atoms with Gasteiger partial charge in [0, 0.05) is 18.9 Å². The van der Waals surface area contributed by atoms with Gasteiger partial charge in [-0.2, -0.15) is 0 Å². The zero-order valence-electron chi connectivity index (χ0n) is 8.66. The van der Waals surface area contributed by atoms with Crippen LogP contribution < -0.4 is 5.56 Å². The molecule has 82 valence electrons. The van der Waals surface area contributed by atoms with E-state index in [9.17, 15) is 4.79 Å². The molecular weight excluding hydrogens is 212 g/mol. The van der Waals surface area contributed by atoms with Crippen LogP contribution in [0.1, 0.15) is 25.7 Å². The third-order valence-corrected chi connectivity index (χ3v) is 2.44. The fraction of sp³-hybridized carbons (Fsp3) is 0.455. The fourth-order valence-electron chi connectivity index (χ4n) is 1.34. The molecule has 0 aromatic carbocycles. The molecule has 0 aliphatic heterocycles. The molecule has 0 fully saturated rings. The SMILES string of the molecule is C=CCCCCCn1ccnc(Cl)c1=O. The molecule has 0 amide bonds. The molecule has 1 rings (SSSR count). The number of halogens is 1. The number of allylic oxidation sites excluding steroid dienone is 1. The molecule has 0 bridgehead atoms. The summed E-state index contributed by atoms with van der Waals surface area (Å²) in [6.07, 6.45) is 9.36. The van der Waals surface area contributed by atoms with Crippen molar-refractivity contribution < 1.29 is 0 Å². The summed E-state index contributed by atoms with van der Waals surface area (Å²) >= 11 is 5.62. The summed E-state index contributed by atoms with van der Waals surface area (Å²) in [5, 5.41) is 0.0450. The van der Waals surface area contributed by atoms with Crippen LogP contribution in [0.15, 0.2) is 29.8 Å². The van der Waals surface area contributed by atoms with Crippen LogP contribution in [-0.4, -0.2) is 9.55 Å². The van der Waals surface area contributed by atoms with Crippen LogP contribution in [0.25, 0.3) is 0 Å². The Balaban J connectivity index is 2.41. The minimum Gasteiger partial charge on any atom is -0.311 e. The molecule has 0 saturated heterocycles. The average molecular weight is 227 g/mol. The highest BCUT2D eigenvalue weighted by molar-refractivity contribution is 6.29. The lowest BCUT2D eigenvalue weighted by molar-refractivity contribution is 0.575. The van der Waals surface area contributed by atoms with E-state index in [4.69, 9.17) is 11.6 Å². The second-order valence-corrected chi connectivity index (χ2v) is 3.71. The Hall–Kier alpha value is -1.09. The second-order valence-electron chi connectivity index (χ2n) is 3.35. The van der Waals surface area contributed by atoms with Crippen LogP contribution in [0.5, 0.6) is 0 Å². The van der Waals surface area contributed by atoms with Crippen molar-refractivity contribution in [3.63, 3.8) is 0 Å². The van der Waals surface area contributed by atoms with Crippen molar-refractivity contribution in [2.24, 2.45) is 0 Å². The minimum absolute atomic E-state index is 0.0450. The molecule has 0 aliphatic rings. The van der Waals surface area contributed by atoms with Crippen LogP contribution in [-0.2, 0) is 6.54 Å². The second kappa shape index (κ2) is 6.40. The minimum atomic E-state index is -0.206. The molecule has 0 unspecified atom stereocenters. The third kappa shape index (κ3) is 3.88. The van der Waals surface area contributed by atoms with Crippen LogP contribution in [0.4, 0.5) is 0 Å². The van der Waals surface area contributed by atoms with Gasteiger partial charge in [0.2, 0.25) is 0 Å². The number of nitrogens with zero attached hydrogens (tertiary/aromatic N) is 2. The molecule has 0 radical (unpaired) electrons. The van der Waals surface area contributed by atoms with E-state index in [0.717, 1.165) is 25.7 Å². The molecule has 0 spiro atoms. The van der Waals surface area contributed by atoms with E-state index in [0.29, 0.717) is 6.54 Å². The van der Waals surface area contributed by atoms with Crippen molar-refractivity contribution in [2.45, 2.75) is 32.2 Å². The first-order valence-corrected chi connectivity index (χ1v) is 5.45. The smallest absolute Gasteiger partial charge is 0.288 e. The van der Waals surface area contributed by atoms with Gasteiger partial charge in [-0.3, -0.25) is 4.79 Å². The zero-order chi connectivity index (χ0) is 11.1. The third-order valence-electron chi connectivity index (χ3n) is 2.18. The largest absolute Gasteiger partial charge is 0.311 e. The number of aryl methyl sites for hydroxylation is 1. The van der Waals surface area contributed by atoms with Crippen molar-refractivity contribution in [1.82, 2.24) is 9.55 Å². The summed E-state index contributed by atoms with van der Waals surface area (Å²) in [7, 11) is 0. The van der Waals surface area contributed by atoms with Crippen molar-refractivity contribution in [3.8, 4) is 0 Å². The Morgan fingerprint density at radius 2 is 2.27 bits per heavy atom. The Bertz CT molecular complexity index is 373. The van der Waals surface area contributed by atoms with E-state index < -0.39 is 0 Å². The Labute approximate surface area is 94.4 Å². The monoisotopic (exact) mass is 226 g/mol. The number of hydrogen-bond donors (Lipinski definition) is 0. The standard InChI is InChI=1S/C11H15ClN2O/c1-2-3-4-5-6-8-14-9-7-13-10(12)11(14)15/h2,7,9H,1,3-6,8H2. The Kier molecular flexibility index (Phi) is 5.12. The van der Waals surface area contributed by atoms with Gasteiger partial charge in [0.15, 0.2) is 5.15 Å². The van der Waals surface area contributed by atoms with Crippen molar-refractivity contribution in [2.75, 3.05) is 0 Å². The van der Waals surface area contributed by atoms with E-state index in [1.807, 2.05) is 6.08 Å². The highest BCUT2D eigenvalue weighted by Crippen LogP contribution is 2.02. The number of hydrogen-bond acceptors (Lipinski definition) is 2. The van der Waals surface area contributed by atoms with Gasteiger partial charge in [-0.1, -0.05) is 24.1 Å². The molecule has 1 heterocycles. The molecule has 15 heavy (non-hydrogen) atoms. The summed E-state index contributed by atoms with van der Waals surface area (Å²) in [5.74, 6) is 0. The summed E-state index contributed by atoms with van der Waals surface area (Å²) in [6, 6.07) is 0. The van der Waals surface area contributed by atoms with Crippen molar-refractivity contribution in [1.29, 1.82) is 0 Å². The van der Waals surface area contributed by atoms with Crippen LogP contribution in [0.3, 0.4) is 0 Å².